The molecule has 4 rings (SSSR count). The molecule has 0 saturated carbocycles. The summed E-state index contributed by atoms with van der Waals surface area (Å²) in [5.41, 5.74) is 7.40. The molecule has 0 radical (unpaired) electrons. The maximum Gasteiger partial charge on any atom is 0.255 e. The smallest absolute Gasteiger partial charge is 0.255 e. The summed E-state index contributed by atoms with van der Waals surface area (Å²) in [5, 5.41) is 5.73. The Hall–Kier alpha value is -3.16. The first kappa shape index (κ1) is 24.0. The first-order valence-corrected chi connectivity index (χ1v) is 12.7. The maximum atomic E-state index is 12.9. The fourth-order valence-electron chi connectivity index (χ4n) is 3.83. The number of aromatic nitrogens is 1. The number of anilines is 2. The van der Waals surface area contributed by atoms with E-state index in [0.717, 1.165) is 42.6 Å². The molecule has 0 spiro atoms. The second-order valence-corrected chi connectivity index (χ2v) is 11.1. The van der Waals surface area contributed by atoms with Gasteiger partial charge in [0.2, 0.25) is 5.91 Å². The number of hydrogen-bond acceptors (Lipinski definition) is 5. The van der Waals surface area contributed by atoms with Gasteiger partial charge in [0.1, 0.15) is 0 Å². The van der Waals surface area contributed by atoms with Gasteiger partial charge in [-0.3, -0.25) is 9.59 Å². The van der Waals surface area contributed by atoms with Crippen molar-refractivity contribution in [3.8, 4) is 0 Å². The number of hydrogen-bond donors (Lipinski definition) is 2. The highest BCUT2D eigenvalue weighted by Gasteiger charge is 2.19. The lowest BCUT2D eigenvalue weighted by atomic mass is 10.1. The summed E-state index contributed by atoms with van der Waals surface area (Å²) < 4.78 is 1.78. The molecular weight excluding hydrogens is 462 g/mol. The topological polar surface area (TPSA) is 71.1 Å². The average Bonchev–Trinajstić information content (AvgIpc) is 3.17. The summed E-state index contributed by atoms with van der Waals surface area (Å²) >= 11 is 2.96. The maximum absolute atomic E-state index is 12.9. The Morgan fingerprint density at radius 2 is 1.65 bits per heavy atom. The number of carbonyl (C=O) groups excluding carboxylic acids is 2. The summed E-state index contributed by atoms with van der Waals surface area (Å²) in [5.74, 6) is -0.195. The van der Waals surface area contributed by atoms with Gasteiger partial charge in [-0.1, -0.05) is 47.2 Å². The van der Waals surface area contributed by atoms with Crippen molar-refractivity contribution in [3.63, 3.8) is 0 Å². The SMILES string of the molecule is Cc1cccc(C(=O)Nc2ccc3nc(S[C@H](C)C(=O)Nc4c(C)cc(C)cc4C)sc3c2)c1. The third kappa shape index (κ3) is 5.48. The molecule has 174 valence electrons. The predicted octanol–water partition coefficient (Wildman–Crippen LogP) is 6.90. The summed E-state index contributed by atoms with van der Waals surface area (Å²) in [4.78, 5) is 30.1. The van der Waals surface area contributed by atoms with E-state index >= 15 is 0 Å². The van der Waals surface area contributed by atoms with Crippen molar-refractivity contribution in [2.75, 3.05) is 10.6 Å². The normalized spacial score (nSPS) is 11.9. The number of amides is 2. The summed E-state index contributed by atoms with van der Waals surface area (Å²) in [6.07, 6.45) is 0. The van der Waals surface area contributed by atoms with Crippen LogP contribution >= 0.6 is 23.1 Å². The summed E-state index contributed by atoms with van der Waals surface area (Å²) in [6, 6.07) is 17.3. The number of nitrogens with one attached hydrogen (secondary N) is 2. The van der Waals surface area contributed by atoms with Crippen LogP contribution in [-0.2, 0) is 4.79 Å². The lowest BCUT2D eigenvalue weighted by molar-refractivity contribution is -0.115. The zero-order valence-electron chi connectivity index (χ0n) is 19.9. The average molecular weight is 490 g/mol. The van der Waals surface area contributed by atoms with Crippen LogP contribution in [0.4, 0.5) is 11.4 Å². The highest BCUT2D eigenvalue weighted by atomic mass is 32.2. The van der Waals surface area contributed by atoms with E-state index in [4.69, 9.17) is 0 Å². The first-order valence-electron chi connectivity index (χ1n) is 11.0. The fourth-order valence-corrected chi connectivity index (χ4v) is 6.08. The van der Waals surface area contributed by atoms with Crippen LogP contribution in [0, 0.1) is 27.7 Å². The van der Waals surface area contributed by atoms with Crippen molar-refractivity contribution in [3.05, 3.63) is 82.4 Å². The van der Waals surface area contributed by atoms with E-state index < -0.39 is 0 Å². The van der Waals surface area contributed by atoms with Gasteiger partial charge in [-0.15, -0.1) is 11.3 Å². The van der Waals surface area contributed by atoms with Gasteiger partial charge in [0, 0.05) is 16.9 Å². The van der Waals surface area contributed by atoms with Crippen LogP contribution in [0.1, 0.15) is 39.5 Å². The van der Waals surface area contributed by atoms with E-state index in [0.29, 0.717) is 5.56 Å². The molecule has 0 aliphatic heterocycles. The Morgan fingerprint density at radius 3 is 2.35 bits per heavy atom. The molecule has 0 unspecified atom stereocenters. The molecule has 0 saturated heterocycles. The van der Waals surface area contributed by atoms with Crippen LogP contribution in [0.25, 0.3) is 10.2 Å². The van der Waals surface area contributed by atoms with Gasteiger partial charge in [0.25, 0.3) is 5.91 Å². The van der Waals surface area contributed by atoms with Crippen LogP contribution in [0.15, 0.2) is 58.9 Å². The molecule has 1 aromatic heterocycles. The van der Waals surface area contributed by atoms with Gasteiger partial charge < -0.3 is 10.6 Å². The molecule has 5 nitrogen and oxygen atoms in total. The Kier molecular flexibility index (Phi) is 7.05. The molecule has 7 heteroatoms. The highest BCUT2D eigenvalue weighted by molar-refractivity contribution is 8.02. The van der Waals surface area contributed by atoms with E-state index in [-0.39, 0.29) is 17.1 Å². The second-order valence-electron chi connectivity index (χ2n) is 8.51. The predicted molar refractivity (Wildman–Crippen MR) is 143 cm³/mol. The van der Waals surface area contributed by atoms with Crippen molar-refractivity contribution in [2.24, 2.45) is 0 Å². The zero-order valence-corrected chi connectivity index (χ0v) is 21.5. The Bertz CT molecular complexity index is 1370. The standard InChI is InChI=1S/C27H27N3O2S2/c1-15-7-6-8-20(13-15)26(32)28-21-9-10-22-23(14-21)34-27(29-22)33-19(5)25(31)30-24-17(3)11-16(2)12-18(24)4/h6-14,19H,1-5H3,(H,28,32)(H,30,31)/t19-/m1/s1. The van der Waals surface area contributed by atoms with E-state index in [2.05, 4.69) is 34.7 Å². The number of fused-ring (bicyclic) bond motifs is 1. The van der Waals surface area contributed by atoms with Gasteiger partial charge >= 0.3 is 0 Å². The molecule has 1 heterocycles. The van der Waals surface area contributed by atoms with Crippen LogP contribution in [0.5, 0.6) is 0 Å². The minimum absolute atomic E-state index is 0.0505. The van der Waals surface area contributed by atoms with Crippen molar-refractivity contribution >= 4 is 56.5 Å². The number of thioether (sulfide) groups is 1. The number of nitrogens with zero attached hydrogens (tertiary/aromatic N) is 1. The Balaban J connectivity index is 1.44. The molecule has 34 heavy (non-hydrogen) atoms. The fraction of sp³-hybridized carbons (Fsp3) is 0.222. The molecule has 0 aliphatic carbocycles. The highest BCUT2D eigenvalue weighted by Crippen LogP contribution is 2.34. The minimum atomic E-state index is -0.304. The largest absolute Gasteiger partial charge is 0.325 e. The van der Waals surface area contributed by atoms with E-state index in [1.54, 1.807) is 6.07 Å². The number of aryl methyl sites for hydroxylation is 4. The molecule has 2 N–H and O–H groups in total. The van der Waals surface area contributed by atoms with Gasteiger partial charge in [0.05, 0.1) is 15.5 Å². The number of benzene rings is 3. The van der Waals surface area contributed by atoms with Crippen LogP contribution in [0.3, 0.4) is 0 Å². The lowest BCUT2D eigenvalue weighted by Gasteiger charge is -2.15. The molecule has 2 amide bonds. The number of thiazole rings is 1. The van der Waals surface area contributed by atoms with Crippen molar-refractivity contribution in [1.82, 2.24) is 4.98 Å². The van der Waals surface area contributed by atoms with Crippen molar-refractivity contribution in [1.29, 1.82) is 0 Å². The molecule has 4 aromatic rings. The van der Waals surface area contributed by atoms with Crippen LogP contribution < -0.4 is 10.6 Å². The molecule has 0 bridgehead atoms. The summed E-state index contributed by atoms with van der Waals surface area (Å²) in [6.45, 7) is 9.92. The van der Waals surface area contributed by atoms with Crippen molar-refractivity contribution in [2.45, 2.75) is 44.2 Å². The molecule has 0 fully saturated rings. The zero-order chi connectivity index (χ0) is 24.4. The van der Waals surface area contributed by atoms with E-state index in [1.165, 1.54) is 28.7 Å². The van der Waals surface area contributed by atoms with Crippen LogP contribution in [-0.4, -0.2) is 22.0 Å². The van der Waals surface area contributed by atoms with Gasteiger partial charge in [0.15, 0.2) is 4.34 Å². The molecule has 0 aliphatic rings. The number of rotatable bonds is 6. The minimum Gasteiger partial charge on any atom is -0.325 e. The Morgan fingerprint density at radius 1 is 0.912 bits per heavy atom. The monoisotopic (exact) mass is 489 g/mol. The van der Waals surface area contributed by atoms with Crippen LogP contribution in [0.2, 0.25) is 0 Å². The molecular formula is C27H27N3O2S2. The van der Waals surface area contributed by atoms with Gasteiger partial charge in [-0.25, -0.2) is 4.98 Å². The lowest BCUT2D eigenvalue weighted by Crippen LogP contribution is -2.23. The number of carbonyl (C=O) groups is 2. The molecule has 3 aromatic carbocycles. The van der Waals surface area contributed by atoms with E-state index in [9.17, 15) is 9.59 Å². The van der Waals surface area contributed by atoms with E-state index in [1.807, 2.05) is 64.1 Å². The third-order valence-corrected chi connectivity index (χ3v) is 7.69. The third-order valence-electron chi connectivity index (χ3n) is 5.48. The second kappa shape index (κ2) is 9.99. The first-order chi connectivity index (χ1) is 16.2. The quantitative estimate of drug-likeness (QED) is 0.289. The summed E-state index contributed by atoms with van der Waals surface area (Å²) in [7, 11) is 0. The van der Waals surface area contributed by atoms with Crippen molar-refractivity contribution < 1.29 is 9.59 Å². The Labute approximate surface area is 208 Å². The molecule has 1 atom stereocenters. The van der Waals surface area contributed by atoms with Gasteiger partial charge in [-0.2, -0.15) is 0 Å². The van der Waals surface area contributed by atoms with Gasteiger partial charge in [-0.05, 0) is 76.1 Å².